The standard InChI is InChI=1S/C26H18N2O3S/c1-17-14-15-20(31-17)16-22-24(29)27(19-10-3-2-4-11-19)26(32)28(25(22)30)23-13-7-9-18-8-5-6-12-21(18)23/h2-16H,1H3/b22-16+. The predicted molar refractivity (Wildman–Crippen MR) is 129 cm³/mol. The highest BCUT2D eigenvalue weighted by atomic mass is 32.1. The van der Waals surface area contributed by atoms with Crippen molar-refractivity contribution in [2.75, 3.05) is 9.80 Å². The van der Waals surface area contributed by atoms with Gasteiger partial charge in [-0.25, -0.2) is 0 Å². The molecule has 0 radical (unpaired) electrons. The minimum atomic E-state index is -0.489. The summed E-state index contributed by atoms with van der Waals surface area (Å²) in [4.78, 5) is 30.0. The van der Waals surface area contributed by atoms with Crippen molar-refractivity contribution in [1.29, 1.82) is 0 Å². The molecule has 1 aliphatic heterocycles. The summed E-state index contributed by atoms with van der Waals surface area (Å²) in [5.41, 5.74) is 1.18. The summed E-state index contributed by atoms with van der Waals surface area (Å²) in [5, 5.41) is 1.94. The molecule has 1 fully saturated rings. The number of carbonyl (C=O) groups is 2. The number of anilines is 2. The second-order valence-corrected chi connectivity index (χ2v) is 7.77. The van der Waals surface area contributed by atoms with Crippen LogP contribution in [0.4, 0.5) is 11.4 Å². The number of hydrogen-bond donors (Lipinski definition) is 0. The van der Waals surface area contributed by atoms with E-state index in [2.05, 4.69) is 0 Å². The summed E-state index contributed by atoms with van der Waals surface area (Å²) in [6.45, 7) is 1.81. The first-order valence-electron chi connectivity index (χ1n) is 10.1. The van der Waals surface area contributed by atoms with Gasteiger partial charge in [0.25, 0.3) is 11.8 Å². The van der Waals surface area contributed by atoms with E-state index in [9.17, 15) is 9.59 Å². The Balaban J connectivity index is 1.72. The number of aryl methyl sites for hydroxylation is 1. The van der Waals surface area contributed by atoms with Crippen molar-refractivity contribution in [3.63, 3.8) is 0 Å². The molecule has 32 heavy (non-hydrogen) atoms. The largest absolute Gasteiger partial charge is 0.462 e. The van der Waals surface area contributed by atoms with E-state index in [1.165, 1.54) is 15.9 Å². The Hall–Kier alpha value is -4.03. The fourth-order valence-electron chi connectivity index (χ4n) is 3.82. The van der Waals surface area contributed by atoms with Crippen LogP contribution in [0, 0.1) is 6.92 Å². The number of carbonyl (C=O) groups excluding carboxylic acids is 2. The summed E-state index contributed by atoms with van der Waals surface area (Å²) in [5.74, 6) is 0.140. The molecule has 2 heterocycles. The number of amides is 2. The highest BCUT2D eigenvalue weighted by molar-refractivity contribution is 7.81. The minimum Gasteiger partial charge on any atom is -0.462 e. The first-order valence-corrected chi connectivity index (χ1v) is 10.5. The Morgan fingerprint density at radius 1 is 0.781 bits per heavy atom. The average molecular weight is 439 g/mol. The summed E-state index contributed by atoms with van der Waals surface area (Å²) >= 11 is 5.71. The van der Waals surface area contributed by atoms with Crippen LogP contribution in [0.25, 0.3) is 16.8 Å². The quantitative estimate of drug-likeness (QED) is 0.241. The van der Waals surface area contributed by atoms with Crippen LogP contribution in [-0.4, -0.2) is 16.9 Å². The number of furan rings is 1. The van der Waals surface area contributed by atoms with Crippen LogP contribution in [0.15, 0.2) is 94.9 Å². The average Bonchev–Trinajstić information content (AvgIpc) is 3.22. The molecule has 5 rings (SSSR count). The lowest BCUT2D eigenvalue weighted by molar-refractivity contribution is -0.120. The van der Waals surface area contributed by atoms with Crippen LogP contribution in [0.2, 0.25) is 0 Å². The van der Waals surface area contributed by atoms with Gasteiger partial charge in [0.1, 0.15) is 17.1 Å². The van der Waals surface area contributed by atoms with Crippen LogP contribution < -0.4 is 9.80 Å². The van der Waals surface area contributed by atoms with Crippen LogP contribution in [0.3, 0.4) is 0 Å². The molecule has 1 aromatic heterocycles. The van der Waals surface area contributed by atoms with Gasteiger partial charge in [0.15, 0.2) is 5.11 Å². The van der Waals surface area contributed by atoms with Crippen molar-refractivity contribution in [1.82, 2.24) is 0 Å². The molecule has 2 amide bonds. The van der Waals surface area contributed by atoms with Crippen LogP contribution in [0.5, 0.6) is 0 Å². The Morgan fingerprint density at radius 2 is 1.47 bits per heavy atom. The minimum absolute atomic E-state index is 0.0234. The lowest BCUT2D eigenvalue weighted by atomic mass is 10.0. The van der Waals surface area contributed by atoms with Crippen LogP contribution >= 0.6 is 12.2 Å². The molecule has 0 N–H and O–H groups in total. The van der Waals surface area contributed by atoms with E-state index in [1.807, 2.05) is 60.7 Å². The van der Waals surface area contributed by atoms with E-state index in [0.717, 1.165) is 10.8 Å². The lowest BCUT2D eigenvalue weighted by Gasteiger charge is -2.37. The number of thiocarbonyl (C=S) groups is 1. The molecule has 3 aromatic carbocycles. The molecular formula is C26H18N2O3S. The van der Waals surface area contributed by atoms with E-state index in [1.54, 1.807) is 31.2 Å². The third-order valence-corrected chi connectivity index (χ3v) is 5.68. The number of benzene rings is 3. The maximum absolute atomic E-state index is 13.7. The highest BCUT2D eigenvalue weighted by Crippen LogP contribution is 2.34. The summed E-state index contributed by atoms with van der Waals surface area (Å²) < 4.78 is 5.61. The zero-order chi connectivity index (χ0) is 22.2. The van der Waals surface area contributed by atoms with Crippen molar-refractivity contribution >= 4 is 57.4 Å². The molecule has 0 spiro atoms. The molecule has 1 aliphatic rings. The van der Waals surface area contributed by atoms with E-state index in [-0.39, 0.29) is 10.7 Å². The Kier molecular flexibility index (Phi) is 4.92. The molecule has 5 nitrogen and oxygen atoms in total. The SMILES string of the molecule is Cc1ccc(/C=C2\C(=O)N(c3ccccc3)C(=S)N(c3cccc4ccccc34)C2=O)o1. The zero-order valence-corrected chi connectivity index (χ0v) is 18.0. The van der Waals surface area contributed by atoms with Crippen molar-refractivity contribution in [3.05, 3.63) is 102 Å². The normalized spacial score (nSPS) is 15.8. The zero-order valence-electron chi connectivity index (χ0n) is 17.2. The molecule has 4 aromatic rings. The van der Waals surface area contributed by atoms with E-state index < -0.39 is 11.8 Å². The summed E-state index contributed by atoms with van der Waals surface area (Å²) in [7, 11) is 0. The van der Waals surface area contributed by atoms with E-state index in [4.69, 9.17) is 16.6 Å². The van der Waals surface area contributed by atoms with Gasteiger partial charge in [-0.15, -0.1) is 0 Å². The van der Waals surface area contributed by atoms with Gasteiger partial charge >= 0.3 is 0 Å². The molecule has 0 atom stereocenters. The molecule has 0 aliphatic carbocycles. The molecule has 156 valence electrons. The van der Waals surface area contributed by atoms with Crippen molar-refractivity contribution in [2.45, 2.75) is 6.92 Å². The number of para-hydroxylation sites is 1. The Bertz CT molecular complexity index is 1400. The second kappa shape index (κ2) is 7.90. The molecule has 0 saturated carbocycles. The van der Waals surface area contributed by atoms with Gasteiger partial charge < -0.3 is 4.42 Å². The van der Waals surface area contributed by atoms with Crippen LogP contribution in [-0.2, 0) is 9.59 Å². The van der Waals surface area contributed by atoms with Gasteiger partial charge in [0.05, 0.1) is 11.4 Å². The number of nitrogens with zero attached hydrogens (tertiary/aromatic N) is 2. The first kappa shape index (κ1) is 19.9. The Labute approximate surface area is 190 Å². The molecule has 6 heteroatoms. The van der Waals surface area contributed by atoms with Gasteiger partial charge in [-0.2, -0.15) is 0 Å². The van der Waals surface area contributed by atoms with Crippen molar-refractivity contribution in [2.24, 2.45) is 0 Å². The predicted octanol–water partition coefficient (Wildman–Crippen LogP) is 5.49. The molecule has 1 saturated heterocycles. The van der Waals surface area contributed by atoms with Crippen molar-refractivity contribution < 1.29 is 14.0 Å². The van der Waals surface area contributed by atoms with Crippen LogP contribution in [0.1, 0.15) is 11.5 Å². The van der Waals surface area contributed by atoms with E-state index in [0.29, 0.717) is 22.9 Å². The number of fused-ring (bicyclic) bond motifs is 1. The Morgan fingerprint density at radius 3 is 2.22 bits per heavy atom. The topological polar surface area (TPSA) is 53.8 Å². The maximum Gasteiger partial charge on any atom is 0.270 e. The fraction of sp³-hybridized carbons (Fsp3) is 0.0385. The number of rotatable bonds is 3. The summed E-state index contributed by atoms with van der Waals surface area (Å²) in [6, 6.07) is 26.0. The third-order valence-electron chi connectivity index (χ3n) is 5.32. The van der Waals surface area contributed by atoms with E-state index >= 15 is 0 Å². The fourth-order valence-corrected chi connectivity index (χ4v) is 4.19. The maximum atomic E-state index is 13.7. The lowest BCUT2D eigenvalue weighted by Crippen LogP contribution is -2.57. The van der Waals surface area contributed by atoms with Gasteiger partial charge in [0.2, 0.25) is 0 Å². The highest BCUT2D eigenvalue weighted by Gasteiger charge is 2.41. The second-order valence-electron chi connectivity index (χ2n) is 7.40. The van der Waals surface area contributed by atoms with Gasteiger partial charge in [-0.05, 0) is 60.9 Å². The molecular weight excluding hydrogens is 420 g/mol. The molecule has 0 unspecified atom stereocenters. The third kappa shape index (κ3) is 3.31. The smallest absolute Gasteiger partial charge is 0.270 e. The molecule has 0 bridgehead atoms. The monoisotopic (exact) mass is 438 g/mol. The summed E-state index contributed by atoms with van der Waals surface area (Å²) in [6.07, 6.45) is 1.48. The van der Waals surface area contributed by atoms with Crippen molar-refractivity contribution in [3.8, 4) is 0 Å². The van der Waals surface area contributed by atoms with Gasteiger partial charge in [-0.1, -0.05) is 54.6 Å². The number of hydrogen-bond acceptors (Lipinski definition) is 4. The van der Waals surface area contributed by atoms with Gasteiger partial charge in [0, 0.05) is 5.39 Å². The first-order chi connectivity index (χ1) is 15.5. The van der Waals surface area contributed by atoms with Gasteiger partial charge in [-0.3, -0.25) is 19.4 Å².